The van der Waals surface area contributed by atoms with Gasteiger partial charge in [-0.15, -0.1) is 0 Å². The molecule has 0 radical (unpaired) electrons. The third-order valence-corrected chi connectivity index (χ3v) is 2.82. The van der Waals surface area contributed by atoms with Gasteiger partial charge in [-0.3, -0.25) is 4.79 Å². The van der Waals surface area contributed by atoms with Crippen LogP contribution in [0.25, 0.3) is 0 Å². The molecule has 0 bridgehead atoms. The third kappa shape index (κ3) is 1.12. The quantitative estimate of drug-likeness (QED) is 0.517. The number of rotatable bonds is 0. The number of hydrogen-bond donors (Lipinski definition) is 0. The zero-order chi connectivity index (χ0) is 8.77. The van der Waals surface area contributed by atoms with Crippen molar-refractivity contribution in [1.82, 2.24) is 5.06 Å². The Labute approximate surface area is 72.6 Å². The van der Waals surface area contributed by atoms with Crippen LogP contribution in [0.5, 0.6) is 0 Å². The van der Waals surface area contributed by atoms with E-state index in [1.165, 1.54) is 12.8 Å². The van der Waals surface area contributed by atoms with Crippen LogP contribution in [-0.4, -0.2) is 16.7 Å². The maximum absolute atomic E-state index is 11.0. The number of nitrogens with zero attached hydrogens (tertiary/aromatic N) is 1. The van der Waals surface area contributed by atoms with Crippen molar-refractivity contribution in [2.24, 2.45) is 5.92 Å². The van der Waals surface area contributed by atoms with Gasteiger partial charge in [-0.05, 0) is 18.8 Å². The number of amides is 1. The molecular weight excluding hydrogens is 154 g/mol. The molecule has 0 aromatic heterocycles. The minimum absolute atomic E-state index is 0.0455. The van der Waals surface area contributed by atoms with Crippen molar-refractivity contribution in [2.45, 2.75) is 45.3 Å². The maximum Gasteiger partial charge on any atom is 0.245 e. The Balaban J connectivity index is 2.01. The molecule has 1 amide bonds. The van der Waals surface area contributed by atoms with Crippen molar-refractivity contribution in [3.8, 4) is 0 Å². The topological polar surface area (TPSA) is 32.6 Å². The number of carbonyl (C=O) groups is 1. The van der Waals surface area contributed by atoms with Crippen molar-refractivity contribution >= 4 is 5.91 Å². The third-order valence-electron chi connectivity index (χ3n) is 2.82. The van der Waals surface area contributed by atoms with E-state index in [-0.39, 0.29) is 11.6 Å². The first kappa shape index (κ1) is 8.05. The van der Waals surface area contributed by atoms with Crippen LogP contribution >= 0.6 is 0 Å². The highest BCUT2D eigenvalue weighted by molar-refractivity contribution is 5.74. The Bertz CT molecular complexity index is 217. The van der Waals surface area contributed by atoms with Crippen LogP contribution in [0.2, 0.25) is 0 Å². The molecule has 0 aromatic rings. The molecule has 2 atom stereocenters. The van der Waals surface area contributed by atoms with Gasteiger partial charge < -0.3 is 0 Å². The molecule has 0 unspecified atom stereocenters. The van der Waals surface area contributed by atoms with Crippen molar-refractivity contribution in [3.63, 3.8) is 0 Å². The van der Waals surface area contributed by atoms with Gasteiger partial charge in [0.05, 0.1) is 0 Å². The Morgan fingerprint density at radius 2 is 2.42 bits per heavy atom. The van der Waals surface area contributed by atoms with Crippen LogP contribution in [-0.2, 0) is 9.63 Å². The zero-order valence-electron chi connectivity index (χ0n) is 7.67. The van der Waals surface area contributed by atoms with Crippen LogP contribution in [0.1, 0.15) is 39.5 Å². The molecule has 0 aromatic carbocycles. The molecule has 0 N–H and O–H groups in total. The Morgan fingerprint density at radius 1 is 1.67 bits per heavy atom. The van der Waals surface area contributed by atoms with E-state index in [1.54, 1.807) is 12.0 Å². The predicted octanol–water partition coefficient (Wildman–Crippen LogP) is 1.69. The fourth-order valence-corrected chi connectivity index (χ4v) is 2.24. The summed E-state index contributed by atoms with van der Waals surface area (Å²) in [7, 11) is 0. The second-order valence-corrected chi connectivity index (χ2v) is 4.05. The molecule has 1 aliphatic heterocycles. The molecule has 2 rings (SSSR count). The summed E-state index contributed by atoms with van der Waals surface area (Å²) in [6.07, 6.45) is 4.51. The summed E-state index contributed by atoms with van der Waals surface area (Å²) in [5.41, 5.74) is -0.177. The first-order valence-electron chi connectivity index (χ1n) is 4.64. The van der Waals surface area contributed by atoms with Gasteiger partial charge in [0.25, 0.3) is 0 Å². The molecule has 68 valence electrons. The minimum Gasteiger partial charge on any atom is -0.273 e. The molecule has 1 spiro atoms. The first-order valence-corrected chi connectivity index (χ1v) is 4.64. The monoisotopic (exact) mass is 169 g/mol. The van der Waals surface area contributed by atoms with E-state index in [0.717, 1.165) is 12.8 Å². The van der Waals surface area contributed by atoms with Crippen LogP contribution in [0.3, 0.4) is 0 Å². The van der Waals surface area contributed by atoms with Gasteiger partial charge >= 0.3 is 0 Å². The lowest BCUT2D eigenvalue weighted by atomic mass is 9.85. The molecule has 3 heteroatoms. The Hall–Kier alpha value is -0.570. The molecule has 2 fully saturated rings. The van der Waals surface area contributed by atoms with Gasteiger partial charge in [0.2, 0.25) is 5.91 Å². The summed E-state index contributed by atoms with van der Waals surface area (Å²) in [4.78, 5) is 16.3. The standard InChI is InChI=1S/C9H15NO2/c1-7-4-3-5-9(6-7)10(12-9)8(2)11/h7H,3-6H2,1-2H3/t7-,9+,10?/m0/s1. The van der Waals surface area contributed by atoms with Gasteiger partial charge in [-0.2, -0.15) is 5.06 Å². The van der Waals surface area contributed by atoms with E-state index in [4.69, 9.17) is 4.84 Å². The SMILES string of the molecule is CC(=O)N1O[C@@]12CCC[C@H](C)C2. The van der Waals surface area contributed by atoms with E-state index in [0.29, 0.717) is 5.92 Å². The summed E-state index contributed by atoms with van der Waals surface area (Å²) in [6, 6.07) is 0. The Kier molecular flexibility index (Phi) is 1.65. The second kappa shape index (κ2) is 2.46. The largest absolute Gasteiger partial charge is 0.273 e. The fourth-order valence-electron chi connectivity index (χ4n) is 2.24. The average molecular weight is 169 g/mol. The van der Waals surface area contributed by atoms with Crippen LogP contribution < -0.4 is 0 Å². The number of carbonyl (C=O) groups excluding carboxylic acids is 1. The van der Waals surface area contributed by atoms with E-state index in [9.17, 15) is 4.79 Å². The Morgan fingerprint density at radius 3 is 2.92 bits per heavy atom. The van der Waals surface area contributed by atoms with Gasteiger partial charge in [0, 0.05) is 13.3 Å². The van der Waals surface area contributed by atoms with Gasteiger partial charge in [-0.25, -0.2) is 4.84 Å². The molecule has 1 aliphatic carbocycles. The average Bonchev–Trinajstić information content (AvgIpc) is 2.63. The van der Waals surface area contributed by atoms with Gasteiger partial charge in [0.15, 0.2) is 5.72 Å². The van der Waals surface area contributed by atoms with Crippen LogP contribution in [0.15, 0.2) is 0 Å². The number of hydrogen-bond acceptors (Lipinski definition) is 2. The normalized spacial score (nSPS) is 40.2. The molecular formula is C9H15NO2. The minimum atomic E-state index is -0.177. The summed E-state index contributed by atoms with van der Waals surface area (Å²) in [6.45, 7) is 3.79. The second-order valence-electron chi connectivity index (χ2n) is 4.05. The van der Waals surface area contributed by atoms with Crippen molar-refractivity contribution in [1.29, 1.82) is 0 Å². The molecule has 12 heavy (non-hydrogen) atoms. The van der Waals surface area contributed by atoms with Gasteiger partial charge in [-0.1, -0.05) is 13.3 Å². The molecule has 3 nitrogen and oxygen atoms in total. The van der Waals surface area contributed by atoms with E-state index in [2.05, 4.69) is 6.92 Å². The smallest absolute Gasteiger partial charge is 0.245 e. The lowest BCUT2D eigenvalue weighted by molar-refractivity contribution is -0.129. The summed E-state index contributed by atoms with van der Waals surface area (Å²) < 4.78 is 0. The van der Waals surface area contributed by atoms with Crippen molar-refractivity contribution < 1.29 is 9.63 Å². The lowest BCUT2D eigenvalue weighted by Crippen LogP contribution is -2.27. The van der Waals surface area contributed by atoms with E-state index in [1.807, 2.05) is 0 Å². The highest BCUT2D eigenvalue weighted by Crippen LogP contribution is 2.48. The van der Waals surface area contributed by atoms with Crippen molar-refractivity contribution in [2.75, 3.05) is 0 Å². The van der Waals surface area contributed by atoms with Crippen molar-refractivity contribution in [3.05, 3.63) is 0 Å². The van der Waals surface area contributed by atoms with E-state index >= 15 is 0 Å². The van der Waals surface area contributed by atoms with Gasteiger partial charge in [0.1, 0.15) is 0 Å². The molecule has 1 heterocycles. The molecule has 2 aliphatic rings. The number of hydroxylamine groups is 2. The summed E-state index contributed by atoms with van der Waals surface area (Å²) in [5.74, 6) is 0.743. The molecule has 1 saturated carbocycles. The first-order chi connectivity index (χ1) is 5.64. The maximum atomic E-state index is 11.0. The van der Waals surface area contributed by atoms with E-state index < -0.39 is 0 Å². The molecule has 1 saturated heterocycles. The lowest BCUT2D eigenvalue weighted by Gasteiger charge is -2.22. The zero-order valence-corrected chi connectivity index (χ0v) is 7.67. The highest BCUT2D eigenvalue weighted by Gasteiger charge is 2.58. The van der Waals surface area contributed by atoms with Crippen LogP contribution in [0, 0.1) is 5.92 Å². The highest BCUT2D eigenvalue weighted by atomic mass is 16.9. The predicted molar refractivity (Wildman–Crippen MR) is 44.0 cm³/mol. The van der Waals surface area contributed by atoms with Crippen LogP contribution in [0.4, 0.5) is 0 Å². The summed E-state index contributed by atoms with van der Waals surface area (Å²) >= 11 is 0. The summed E-state index contributed by atoms with van der Waals surface area (Å²) in [5, 5.41) is 1.54. The fraction of sp³-hybridized carbons (Fsp3) is 0.889.